The van der Waals surface area contributed by atoms with Crippen LogP contribution in [0.2, 0.25) is 0 Å². The van der Waals surface area contributed by atoms with Crippen molar-refractivity contribution in [2.24, 2.45) is 0 Å². The fraction of sp³-hybridized carbons (Fsp3) is 0.667. The molecule has 0 saturated carbocycles. The maximum absolute atomic E-state index is 10.9. The Kier molecular flexibility index (Phi) is 9.46. The van der Waals surface area contributed by atoms with Crippen LogP contribution >= 0.6 is 0 Å². The summed E-state index contributed by atoms with van der Waals surface area (Å²) in [5.41, 5.74) is 0. The maximum atomic E-state index is 10.9. The Hall–Kier alpha value is -2.20. The van der Waals surface area contributed by atoms with Gasteiger partial charge in [0.1, 0.15) is 12.1 Å². The lowest BCUT2D eigenvalue weighted by molar-refractivity contribution is -0.142. The highest BCUT2D eigenvalue weighted by Gasteiger charge is 2.20. The van der Waals surface area contributed by atoms with Gasteiger partial charge in [0.05, 0.1) is 0 Å². The van der Waals surface area contributed by atoms with Crippen molar-refractivity contribution in [3.8, 4) is 0 Å². The quantitative estimate of drug-likeness (QED) is 0.226. The molecule has 10 nitrogen and oxygen atoms in total. The highest BCUT2D eigenvalue weighted by molar-refractivity contribution is 5.75. The number of aliphatic carboxylic acids is 4. The van der Waals surface area contributed by atoms with E-state index in [-0.39, 0.29) is 38.8 Å². The van der Waals surface area contributed by atoms with Crippen LogP contribution in [0.15, 0.2) is 0 Å². The minimum absolute atomic E-state index is 0.0912. The largest absolute Gasteiger partial charge is 0.481 e. The average molecular weight is 320 g/mol. The van der Waals surface area contributed by atoms with E-state index in [1.165, 1.54) is 0 Å². The molecule has 0 aliphatic carbocycles. The van der Waals surface area contributed by atoms with E-state index in [4.69, 9.17) is 20.4 Å². The Morgan fingerprint density at radius 3 is 1.23 bits per heavy atom. The predicted molar refractivity (Wildman–Crippen MR) is 72.6 cm³/mol. The van der Waals surface area contributed by atoms with E-state index in [2.05, 4.69) is 10.6 Å². The van der Waals surface area contributed by atoms with Gasteiger partial charge in [0.25, 0.3) is 0 Å². The highest BCUT2D eigenvalue weighted by atomic mass is 16.4. The van der Waals surface area contributed by atoms with E-state index >= 15 is 0 Å². The second-order valence-corrected chi connectivity index (χ2v) is 4.55. The van der Waals surface area contributed by atoms with Crippen LogP contribution in [-0.2, 0) is 19.2 Å². The lowest BCUT2D eigenvalue weighted by atomic mass is 10.1. The van der Waals surface area contributed by atoms with Crippen LogP contribution in [-0.4, -0.2) is 69.5 Å². The summed E-state index contributed by atoms with van der Waals surface area (Å²) in [4.78, 5) is 42.6. The van der Waals surface area contributed by atoms with E-state index < -0.39 is 36.0 Å². The summed E-state index contributed by atoms with van der Waals surface area (Å²) in [6.07, 6.45) is -0.778. The van der Waals surface area contributed by atoms with Gasteiger partial charge in [-0.3, -0.25) is 19.2 Å². The minimum atomic E-state index is -1.19. The summed E-state index contributed by atoms with van der Waals surface area (Å²) >= 11 is 0. The molecule has 0 bridgehead atoms. The summed E-state index contributed by atoms with van der Waals surface area (Å²) in [6, 6.07) is -2.08. The highest BCUT2D eigenvalue weighted by Crippen LogP contribution is 1.99. The predicted octanol–water partition coefficient (Wildman–Crippen LogP) is -1.20. The Morgan fingerprint density at radius 2 is 1.00 bits per heavy atom. The van der Waals surface area contributed by atoms with E-state index in [9.17, 15) is 19.2 Å². The fourth-order valence-corrected chi connectivity index (χ4v) is 1.65. The van der Waals surface area contributed by atoms with Gasteiger partial charge in [-0.2, -0.15) is 0 Å². The lowest BCUT2D eigenvalue weighted by Gasteiger charge is -2.16. The van der Waals surface area contributed by atoms with Crippen LogP contribution < -0.4 is 10.6 Å². The number of carboxylic acid groups (broad SMARTS) is 4. The van der Waals surface area contributed by atoms with Gasteiger partial charge in [0.15, 0.2) is 0 Å². The Bertz CT molecular complexity index is 374. The molecule has 0 rings (SSSR count). The standard InChI is InChI=1S/C12H20N2O8/c15-9(16)3-1-7(11(19)20)13-5-6-14-8(12(21)22)2-4-10(17)18/h7-8,13-14H,1-6H2,(H,15,16)(H,17,18)(H,19,20)(H,21,22). The number of hydrogen-bond donors (Lipinski definition) is 6. The molecule has 0 radical (unpaired) electrons. The Morgan fingerprint density at radius 1 is 0.682 bits per heavy atom. The monoisotopic (exact) mass is 320 g/mol. The van der Waals surface area contributed by atoms with Gasteiger partial charge in [0, 0.05) is 25.9 Å². The molecule has 0 aliphatic rings. The van der Waals surface area contributed by atoms with Gasteiger partial charge >= 0.3 is 23.9 Å². The third kappa shape index (κ3) is 9.66. The van der Waals surface area contributed by atoms with Crippen molar-refractivity contribution in [3.05, 3.63) is 0 Å². The van der Waals surface area contributed by atoms with Crippen LogP contribution in [0.3, 0.4) is 0 Å². The summed E-state index contributed by atoms with van der Waals surface area (Å²) < 4.78 is 0. The normalized spacial score (nSPS) is 13.3. The van der Waals surface area contributed by atoms with Crippen LogP contribution in [0.25, 0.3) is 0 Å². The van der Waals surface area contributed by atoms with E-state index in [1.54, 1.807) is 0 Å². The maximum Gasteiger partial charge on any atom is 0.320 e. The first-order valence-electron chi connectivity index (χ1n) is 6.60. The summed E-state index contributed by atoms with van der Waals surface area (Å²) in [7, 11) is 0. The van der Waals surface area contributed by atoms with Gasteiger partial charge in [-0.05, 0) is 12.8 Å². The molecule has 0 heterocycles. The first kappa shape index (κ1) is 19.8. The molecule has 2 atom stereocenters. The number of rotatable bonds is 13. The molecule has 0 amide bonds. The zero-order valence-corrected chi connectivity index (χ0v) is 11.8. The van der Waals surface area contributed by atoms with Crippen molar-refractivity contribution in [2.45, 2.75) is 37.8 Å². The average Bonchev–Trinajstić information content (AvgIpc) is 2.39. The van der Waals surface area contributed by atoms with Crippen LogP contribution in [0.1, 0.15) is 25.7 Å². The zero-order valence-electron chi connectivity index (χ0n) is 11.8. The van der Waals surface area contributed by atoms with Crippen molar-refractivity contribution in [1.82, 2.24) is 10.6 Å². The van der Waals surface area contributed by atoms with Gasteiger partial charge in [-0.1, -0.05) is 0 Å². The topological polar surface area (TPSA) is 173 Å². The molecule has 0 aromatic heterocycles. The van der Waals surface area contributed by atoms with Crippen molar-refractivity contribution in [3.63, 3.8) is 0 Å². The first-order chi connectivity index (χ1) is 10.2. The molecular formula is C12H20N2O8. The van der Waals surface area contributed by atoms with E-state index in [0.29, 0.717) is 0 Å². The molecule has 0 aromatic carbocycles. The van der Waals surface area contributed by atoms with Crippen molar-refractivity contribution < 1.29 is 39.6 Å². The Labute approximate surface area is 126 Å². The number of carboxylic acids is 4. The molecule has 2 unspecified atom stereocenters. The smallest absolute Gasteiger partial charge is 0.320 e. The van der Waals surface area contributed by atoms with Crippen molar-refractivity contribution in [2.75, 3.05) is 13.1 Å². The molecule has 0 fully saturated rings. The van der Waals surface area contributed by atoms with Gasteiger partial charge in [-0.15, -0.1) is 0 Å². The van der Waals surface area contributed by atoms with Crippen molar-refractivity contribution >= 4 is 23.9 Å². The third-order valence-electron chi connectivity index (χ3n) is 2.80. The molecule has 0 saturated heterocycles. The number of carbonyl (C=O) groups is 4. The summed E-state index contributed by atoms with van der Waals surface area (Å²) in [6.45, 7) is 0.209. The molecule has 6 N–H and O–H groups in total. The number of nitrogens with one attached hydrogen (secondary N) is 2. The van der Waals surface area contributed by atoms with E-state index in [0.717, 1.165) is 0 Å². The zero-order chi connectivity index (χ0) is 17.1. The molecule has 126 valence electrons. The molecule has 0 aliphatic heterocycles. The second kappa shape index (κ2) is 10.5. The van der Waals surface area contributed by atoms with Crippen LogP contribution in [0, 0.1) is 0 Å². The fourth-order valence-electron chi connectivity index (χ4n) is 1.65. The molecule has 10 heteroatoms. The third-order valence-corrected chi connectivity index (χ3v) is 2.80. The molecule has 22 heavy (non-hydrogen) atoms. The SMILES string of the molecule is O=C(O)CCC(NCCNC(CCC(=O)O)C(=O)O)C(=O)O. The van der Waals surface area contributed by atoms with Gasteiger partial charge in [-0.25, -0.2) is 0 Å². The Balaban J connectivity index is 4.12. The van der Waals surface area contributed by atoms with E-state index in [1.807, 2.05) is 0 Å². The molecule has 0 aromatic rings. The summed E-state index contributed by atoms with van der Waals surface area (Å²) in [5, 5.41) is 40.0. The van der Waals surface area contributed by atoms with Gasteiger partial charge < -0.3 is 31.1 Å². The molecule has 0 spiro atoms. The minimum Gasteiger partial charge on any atom is -0.481 e. The van der Waals surface area contributed by atoms with Gasteiger partial charge in [0.2, 0.25) is 0 Å². The lowest BCUT2D eigenvalue weighted by Crippen LogP contribution is -2.44. The summed E-state index contributed by atoms with van der Waals surface area (Å²) in [5.74, 6) is -4.60. The van der Waals surface area contributed by atoms with Crippen LogP contribution in [0.5, 0.6) is 0 Å². The second-order valence-electron chi connectivity index (χ2n) is 4.55. The molecular weight excluding hydrogens is 300 g/mol. The van der Waals surface area contributed by atoms with Crippen molar-refractivity contribution in [1.29, 1.82) is 0 Å². The van der Waals surface area contributed by atoms with Crippen LogP contribution in [0.4, 0.5) is 0 Å². The number of hydrogen-bond acceptors (Lipinski definition) is 6. The first-order valence-corrected chi connectivity index (χ1v) is 6.60.